The van der Waals surface area contributed by atoms with Gasteiger partial charge in [-0.2, -0.15) is 0 Å². The summed E-state index contributed by atoms with van der Waals surface area (Å²) in [6, 6.07) is 15.7. The fourth-order valence-electron chi connectivity index (χ4n) is 4.00. The standard InChI is InChI=1S/C22H26N2O3/c1-3-26-17-9-6-8-16(14-17)22(2)23-20-12-5-4-11-19(20)21(25)24(22)15-18-10-7-13-27-18/h4-6,8-9,11-12,14,18,23H,3,7,10,13,15H2,1-2H3. The fraction of sp³-hybridized carbons (Fsp3) is 0.409. The average Bonchev–Trinajstić information content (AvgIpc) is 3.19. The summed E-state index contributed by atoms with van der Waals surface area (Å²) in [7, 11) is 0. The van der Waals surface area contributed by atoms with Crippen molar-refractivity contribution in [1.29, 1.82) is 0 Å². The lowest BCUT2D eigenvalue weighted by Crippen LogP contribution is -2.57. The second-order valence-corrected chi connectivity index (χ2v) is 7.25. The van der Waals surface area contributed by atoms with E-state index in [1.807, 2.05) is 60.4 Å². The van der Waals surface area contributed by atoms with Gasteiger partial charge in [-0.25, -0.2) is 0 Å². The van der Waals surface area contributed by atoms with E-state index in [9.17, 15) is 4.79 Å². The molecule has 1 saturated heterocycles. The van der Waals surface area contributed by atoms with E-state index in [2.05, 4.69) is 12.2 Å². The second kappa shape index (κ2) is 7.24. The van der Waals surface area contributed by atoms with Crippen molar-refractivity contribution in [2.45, 2.75) is 38.5 Å². The Kier molecular flexibility index (Phi) is 4.79. The van der Waals surface area contributed by atoms with Crippen molar-refractivity contribution in [1.82, 2.24) is 4.90 Å². The van der Waals surface area contributed by atoms with Crippen molar-refractivity contribution in [2.75, 3.05) is 25.1 Å². The van der Waals surface area contributed by atoms with E-state index in [1.165, 1.54) is 0 Å². The van der Waals surface area contributed by atoms with Crippen molar-refractivity contribution >= 4 is 11.6 Å². The van der Waals surface area contributed by atoms with Crippen molar-refractivity contribution < 1.29 is 14.3 Å². The van der Waals surface area contributed by atoms with Gasteiger partial charge < -0.3 is 19.7 Å². The molecule has 0 aromatic heterocycles. The molecule has 2 aromatic rings. The van der Waals surface area contributed by atoms with E-state index in [0.29, 0.717) is 18.7 Å². The molecule has 0 radical (unpaired) electrons. The van der Waals surface area contributed by atoms with Crippen LogP contribution >= 0.6 is 0 Å². The Morgan fingerprint density at radius 3 is 2.89 bits per heavy atom. The van der Waals surface area contributed by atoms with Crippen molar-refractivity contribution in [3.8, 4) is 5.75 Å². The molecule has 27 heavy (non-hydrogen) atoms. The van der Waals surface area contributed by atoms with Gasteiger partial charge in [-0.15, -0.1) is 0 Å². The predicted octanol–water partition coefficient (Wildman–Crippen LogP) is 4.00. The van der Waals surface area contributed by atoms with Gasteiger partial charge in [-0.05, 0) is 51.0 Å². The van der Waals surface area contributed by atoms with Gasteiger partial charge in [-0.3, -0.25) is 4.79 Å². The fourth-order valence-corrected chi connectivity index (χ4v) is 4.00. The first-order valence-corrected chi connectivity index (χ1v) is 9.66. The minimum Gasteiger partial charge on any atom is -0.494 e. The summed E-state index contributed by atoms with van der Waals surface area (Å²) in [6.45, 7) is 5.97. The van der Waals surface area contributed by atoms with Gasteiger partial charge in [0.2, 0.25) is 0 Å². The van der Waals surface area contributed by atoms with Crippen LogP contribution in [-0.2, 0) is 10.4 Å². The zero-order chi connectivity index (χ0) is 18.9. The lowest BCUT2D eigenvalue weighted by atomic mass is 9.92. The summed E-state index contributed by atoms with van der Waals surface area (Å²) in [6.07, 6.45) is 2.11. The maximum absolute atomic E-state index is 13.4. The van der Waals surface area contributed by atoms with Gasteiger partial charge in [-0.1, -0.05) is 24.3 Å². The van der Waals surface area contributed by atoms with Crippen LogP contribution in [-0.4, -0.2) is 36.7 Å². The van der Waals surface area contributed by atoms with Gasteiger partial charge in [0, 0.05) is 24.4 Å². The largest absolute Gasteiger partial charge is 0.494 e. The van der Waals surface area contributed by atoms with E-state index < -0.39 is 5.66 Å². The van der Waals surface area contributed by atoms with Crippen LogP contribution in [0.25, 0.3) is 0 Å². The molecule has 2 aliphatic rings. The number of fused-ring (bicyclic) bond motifs is 1. The Hall–Kier alpha value is -2.53. The molecule has 142 valence electrons. The molecule has 1 N–H and O–H groups in total. The molecular weight excluding hydrogens is 340 g/mol. The van der Waals surface area contributed by atoms with Crippen molar-refractivity contribution in [2.24, 2.45) is 0 Å². The van der Waals surface area contributed by atoms with Crippen LogP contribution in [0.2, 0.25) is 0 Å². The third kappa shape index (κ3) is 3.28. The number of nitrogens with one attached hydrogen (secondary N) is 1. The van der Waals surface area contributed by atoms with Gasteiger partial charge in [0.25, 0.3) is 5.91 Å². The van der Waals surface area contributed by atoms with Crippen molar-refractivity contribution in [3.05, 3.63) is 59.7 Å². The monoisotopic (exact) mass is 366 g/mol. The van der Waals surface area contributed by atoms with E-state index in [1.54, 1.807) is 0 Å². The van der Waals surface area contributed by atoms with Gasteiger partial charge in [0.1, 0.15) is 11.4 Å². The van der Waals surface area contributed by atoms with E-state index in [4.69, 9.17) is 9.47 Å². The number of carbonyl (C=O) groups excluding carboxylic acids is 1. The number of nitrogens with zero attached hydrogens (tertiary/aromatic N) is 1. The lowest BCUT2D eigenvalue weighted by Gasteiger charge is -2.47. The lowest BCUT2D eigenvalue weighted by molar-refractivity contribution is 0.0242. The highest BCUT2D eigenvalue weighted by molar-refractivity contribution is 6.02. The van der Waals surface area contributed by atoms with Crippen LogP contribution in [0, 0.1) is 0 Å². The first kappa shape index (κ1) is 17.9. The first-order chi connectivity index (χ1) is 13.1. The topological polar surface area (TPSA) is 50.8 Å². The van der Waals surface area contributed by atoms with E-state index >= 15 is 0 Å². The number of amides is 1. The molecule has 2 heterocycles. The van der Waals surface area contributed by atoms with E-state index in [0.717, 1.165) is 36.4 Å². The third-order valence-electron chi connectivity index (χ3n) is 5.44. The van der Waals surface area contributed by atoms with Crippen LogP contribution < -0.4 is 10.1 Å². The highest BCUT2D eigenvalue weighted by atomic mass is 16.5. The molecule has 0 saturated carbocycles. The molecule has 2 aromatic carbocycles. The molecule has 1 fully saturated rings. The van der Waals surface area contributed by atoms with Crippen LogP contribution in [0.4, 0.5) is 5.69 Å². The number of para-hydroxylation sites is 1. The molecule has 0 spiro atoms. The summed E-state index contributed by atoms with van der Waals surface area (Å²) < 4.78 is 11.5. The first-order valence-electron chi connectivity index (χ1n) is 9.66. The number of anilines is 1. The number of rotatable bonds is 5. The highest BCUT2D eigenvalue weighted by Crippen LogP contribution is 2.39. The zero-order valence-electron chi connectivity index (χ0n) is 15.9. The predicted molar refractivity (Wildman–Crippen MR) is 105 cm³/mol. The van der Waals surface area contributed by atoms with Crippen LogP contribution in [0.5, 0.6) is 5.75 Å². The summed E-state index contributed by atoms with van der Waals surface area (Å²) >= 11 is 0. The SMILES string of the molecule is CCOc1cccc(C2(C)Nc3ccccc3C(=O)N2CC2CCCO2)c1. The number of benzene rings is 2. The van der Waals surface area contributed by atoms with Gasteiger partial charge >= 0.3 is 0 Å². The summed E-state index contributed by atoms with van der Waals surface area (Å²) in [5.41, 5.74) is 1.88. The number of carbonyl (C=O) groups is 1. The quantitative estimate of drug-likeness (QED) is 0.869. The summed E-state index contributed by atoms with van der Waals surface area (Å²) in [4.78, 5) is 15.3. The minimum absolute atomic E-state index is 0.0316. The second-order valence-electron chi connectivity index (χ2n) is 7.25. The van der Waals surface area contributed by atoms with E-state index in [-0.39, 0.29) is 12.0 Å². The molecule has 4 rings (SSSR count). The van der Waals surface area contributed by atoms with Gasteiger partial charge in [0.15, 0.2) is 0 Å². The van der Waals surface area contributed by atoms with Crippen LogP contribution in [0.15, 0.2) is 48.5 Å². The Balaban J connectivity index is 1.76. The number of hydrogen-bond donors (Lipinski definition) is 1. The molecule has 5 heteroatoms. The van der Waals surface area contributed by atoms with Crippen molar-refractivity contribution in [3.63, 3.8) is 0 Å². The number of hydrogen-bond acceptors (Lipinski definition) is 4. The Morgan fingerprint density at radius 2 is 2.11 bits per heavy atom. The Bertz CT molecular complexity index is 832. The molecule has 0 aliphatic carbocycles. The molecule has 0 bridgehead atoms. The normalized spacial score (nSPS) is 24.4. The zero-order valence-corrected chi connectivity index (χ0v) is 15.9. The van der Waals surface area contributed by atoms with Crippen LogP contribution in [0.1, 0.15) is 42.6 Å². The Labute approximate surface area is 160 Å². The molecule has 5 nitrogen and oxygen atoms in total. The summed E-state index contributed by atoms with van der Waals surface area (Å²) in [5.74, 6) is 0.838. The molecule has 2 unspecified atom stereocenters. The van der Waals surface area contributed by atoms with Crippen LogP contribution in [0.3, 0.4) is 0 Å². The average molecular weight is 366 g/mol. The molecular formula is C22H26N2O3. The maximum Gasteiger partial charge on any atom is 0.258 e. The maximum atomic E-state index is 13.4. The number of ether oxygens (including phenoxy) is 2. The molecule has 1 amide bonds. The van der Waals surface area contributed by atoms with Gasteiger partial charge in [0.05, 0.1) is 18.3 Å². The highest BCUT2D eigenvalue weighted by Gasteiger charge is 2.43. The molecule has 2 atom stereocenters. The summed E-state index contributed by atoms with van der Waals surface area (Å²) in [5, 5.41) is 3.61. The minimum atomic E-state index is -0.676. The smallest absolute Gasteiger partial charge is 0.258 e. The third-order valence-corrected chi connectivity index (χ3v) is 5.44. The molecule has 2 aliphatic heterocycles. The Morgan fingerprint density at radius 1 is 1.26 bits per heavy atom.